The Labute approximate surface area is 135 Å². The minimum atomic E-state index is -1.08. The number of nitrogens with zero attached hydrogens (tertiary/aromatic N) is 2. The lowest BCUT2D eigenvalue weighted by Crippen LogP contribution is -2.38. The Hall–Kier alpha value is -2.61. The van der Waals surface area contributed by atoms with Crippen LogP contribution >= 0.6 is 11.3 Å². The van der Waals surface area contributed by atoms with Gasteiger partial charge in [0.15, 0.2) is 6.61 Å². The van der Waals surface area contributed by atoms with Crippen LogP contribution in [0.15, 0.2) is 28.4 Å². The van der Waals surface area contributed by atoms with E-state index in [9.17, 15) is 14.4 Å². The van der Waals surface area contributed by atoms with Crippen molar-refractivity contribution in [2.24, 2.45) is 0 Å². The Bertz CT molecular complexity index is 839. The number of amides is 1. The van der Waals surface area contributed by atoms with Gasteiger partial charge in [-0.15, -0.1) is 0 Å². The molecule has 0 bridgehead atoms. The van der Waals surface area contributed by atoms with E-state index in [1.165, 1.54) is 4.57 Å². The number of likely N-dealkylation sites (N-methyl/N-ethyl adjacent to an activating group) is 1. The number of rotatable bonds is 4. The van der Waals surface area contributed by atoms with Crippen LogP contribution in [0.4, 0.5) is 5.69 Å². The Kier molecular flexibility index (Phi) is 3.91. The molecule has 7 nitrogen and oxygen atoms in total. The van der Waals surface area contributed by atoms with Crippen molar-refractivity contribution in [3.63, 3.8) is 0 Å². The van der Waals surface area contributed by atoms with Crippen molar-refractivity contribution in [1.82, 2.24) is 4.57 Å². The second-order valence-electron chi connectivity index (χ2n) is 4.98. The predicted molar refractivity (Wildman–Crippen MR) is 85.2 cm³/mol. The number of carboxylic acid groups (broad SMARTS) is 1. The molecule has 0 aliphatic carbocycles. The molecule has 2 aromatic rings. The molecule has 0 atom stereocenters. The van der Waals surface area contributed by atoms with Gasteiger partial charge in [-0.1, -0.05) is 11.3 Å². The van der Waals surface area contributed by atoms with Crippen LogP contribution in [-0.2, 0) is 16.1 Å². The van der Waals surface area contributed by atoms with Crippen LogP contribution in [0.2, 0.25) is 0 Å². The van der Waals surface area contributed by atoms with Gasteiger partial charge in [-0.2, -0.15) is 0 Å². The SMILES string of the molecule is CCN1C(=O)COc2ccc(-c3csc(=O)n3CC(=O)O)cc21. The fourth-order valence-corrected chi connectivity index (χ4v) is 3.31. The molecule has 2 heterocycles. The fourth-order valence-electron chi connectivity index (χ4n) is 2.55. The molecule has 0 spiro atoms. The van der Waals surface area contributed by atoms with Crippen molar-refractivity contribution in [3.05, 3.63) is 33.2 Å². The molecule has 120 valence electrons. The van der Waals surface area contributed by atoms with Gasteiger partial charge in [-0.25, -0.2) is 0 Å². The fraction of sp³-hybridized carbons (Fsp3) is 0.267. The molecule has 0 radical (unpaired) electrons. The van der Waals surface area contributed by atoms with Crippen molar-refractivity contribution in [1.29, 1.82) is 0 Å². The van der Waals surface area contributed by atoms with Gasteiger partial charge in [-0.3, -0.25) is 19.0 Å². The van der Waals surface area contributed by atoms with Crippen LogP contribution in [0.3, 0.4) is 0 Å². The smallest absolute Gasteiger partial charge is 0.323 e. The first-order valence-electron chi connectivity index (χ1n) is 6.99. The van der Waals surface area contributed by atoms with E-state index < -0.39 is 12.5 Å². The summed E-state index contributed by atoms with van der Waals surface area (Å²) in [7, 11) is 0. The van der Waals surface area contributed by atoms with Crippen molar-refractivity contribution < 1.29 is 19.4 Å². The molecule has 1 N–H and O–H groups in total. The molecule has 0 saturated heterocycles. The summed E-state index contributed by atoms with van der Waals surface area (Å²) in [6.07, 6.45) is 0. The van der Waals surface area contributed by atoms with E-state index in [1.54, 1.807) is 28.5 Å². The number of carboxylic acids is 1. The number of benzene rings is 1. The number of ether oxygens (including phenoxy) is 1. The maximum Gasteiger partial charge on any atom is 0.323 e. The van der Waals surface area contributed by atoms with Crippen molar-refractivity contribution in [2.45, 2.75) is 13.5 Å². The van der Waals surface area contributed by atoms with E-state index in [0.717, 1.165) is 11.3 Å². The average molecular weight is 334 g/mol. The molecule has 1 aromatic heterocycles. The van der Waals surface area contributed by atoms with Crippen LogP contribution in [0.1, 0.15) is 6.92 Å². The molecular formula is C15H14N2O5S. The molecule has 0 unspecified atom stereocenters. The summed E-state index contributed by atoms with van der Waals surface area (Å²) in [6, 6.07) is 5.23. The van der Waals surface area contributed by atoms with Crippen LogP contribution in [0.25, 0.3) is 11.3 Å². The Balaban J connectivity index is 2.09. The summed E-state index contributed by atoms with van der Waals surface area (Å²) < 4.78 is 6.61. The molecule has 1 aliphatic heterocycles. The standard InChI is InChI=1S/C15H14N2O5S/c1-2-16-10-5-9(3-4-12(10)22-7-13(16)18)11-8-23-15(21)17(11)6-14(19)20/h3-5,8H,2,6-7H2,1H3,(H,19,20). The molecular weight excluding hydrogens is 320 g/mol. The summed E-state index contributed by atoms with van der Waals surface area (Å²) in [6.45, 7) is 1.97. The largest absolute Gasteiger partial charge is 0.482 e. The van der Waals surface area contributed by atoms with Gasteiger partial charge in [-0.05, 0) is 25.1 Å². The highest BCUT2D eigenvalue weighted by atomic mass is 32.1. The van der Waals surface area contributed by atoms with Gasteiger partial charge in [0.1, 0.15) is 12.3 Å². The van der Waals surface area contributed by atoms with Crippen LogP contribution in [-0.4, -0.2) is 34.7 Å². The Morgan fingerprint density at radius 3 is 2.87 bits per heavy atom. The first-order chi connectivity index (χ1) is 11.0. The second-order valence-corrected chi connectivity index (χ2v) is 5.80. The van der Waals surface area contributed by atoms with Crippen LogP contribution in [0, 0.1) is 0 Å². The van der Waals surface area contributed by atoms with Gasteiger partial charge in [0.2, 0.25) is 0 Å². The Morgan fingerprint density at radius 2 is 2.17 bits per heavy atom. The lowest BCUT2D eigenvalue weighted by molar-refractivity contribution is -0.137. The third kappa shape index (κ3) is 2.72. The molecule has 0 saturated carbocycles. The molecule has 1 amide bonds. The quantitative estimate of drug-likeness (QED) is 0.913. The summed E-state index contributed by atoms with van der Waals surface area (Å²) in [5.74, 6) is -0.624. The number of carbonyl (C=O) groups excluding carboxylic acids is 1. The number of anilines is 1. The topological polar surface area (TPSA) is 88.8 Å². The summed E-state index contributed by atoms with van der Waals surface area (Å²) >= 11 is 0.945. The first-order valence-corrected chi connectivity index (χ1v) is 7.87. The van der Waals surface area contributed by atoms with E-state index in [-0.39, 0.29) is 17.4 Å². The number of hydrogen-bond acceptors (Lipinski definition) is 5. The Morgan fingerprint density at radius 1 is 1.39 bits per heavy atom. The lowest BCUT2D eigenvalue weighted by Gasteiger charge is -2.28. The summed E-state index contributed by atoms with van der Waals surface area (Å²) in [5.41, 5.74) is 1.81. The number of carbonyl (C=O) groups is 2. The highest BCUT2D eigenvalue weighted by Crippen LogP contribution is 2.36. The third-order valence-corrected chi connectivity index (χ3v) is 4.35. The van der Waals surface area contributed by atoms with Gasteiger partial charge in [0.05, 0.1) is 11.4 Å². The van der Waals surface area contributed by atoms with E-state index in [0.29, 0.717) is 29.2 Å². The minimum Gasteiger partial charge on any atom is -0.482 e. The minimum absolute atomic E-state index is 0.00234. The van der Waals surface area contributed by atoms with Crippen LogP contribution < -0.4 is 14.5 Å². The zero-order valence-corrected chi connectivity index (χ0v) is 13.1. The highest BCUT2D eigenvalue weighted by Gasteiger charge is 2.25. The predicted octanol–water partition coefficient (Wildman–Crippen LogP) is 1.41. The lowest BCUT2D eigenvalue weighted by atomic mass is 10.1. The number of hydrogen-bond donors (Lipinski definition) is 1. The number of aliphatic carboxylic acids is 1. The molecule has 1 aliphatic rings. The van der Waals surface area contributed by atoms with Crippen LogP contribution in [0.5, 0.6) is 5.75 Å². The van der Waals surface area contributed by atoms with Gasteiger partial charge >= 0.3 is 10.8 Å². The van der Waals surface area contributed by atoms with Gasteiger partial charge < -0.3 is 14.7 Å². The number of fused-ring (bicyclic) bond motifs is 1. The number of aromatic nitrogens is 1. The monoisotopic (exact) mass is 334 g/mol. The second kappa shape index (κ2) is 5.88. The molecule has 1 aromatic carbocycles. The molecule has 8 heteroatoms. The van der Waals surface area contributed by atoms with Crippen molar-refractivity contribution >= 4 is 28.9 Å². The molecule has 23 heavy (non-hydrogen) atoms. The van der Waals surface area contributed by atoms with E-state index in [4.69, 9.17) is 9.84 Å². The van der Waals surface area contributed by atoms with E-state index in [2.05, 4.69) is 0 Å². The number of thiazole rings is 1. The summed E-state index contributed by atoms with van der Waals surface area (Å²) in [5, 5.41) is 10.6. The average Bonchev–Trinajstić information content (AvgIpc) is 2.87. The zero-order chi connectivity index (χ0) is 16.6. The molecule has 0 fully saturated rings. The zero-order valence-electron chi connectivity index (χ0n) is 12.3. The first kappa shape index (κ1) is 15.3. The molecule has 3 rings (SSSR count). The van der Waals surface area contributed by atoms with Gasteiger partial charge in [0, 0.05) is 17.5 Å². The highest BCUT2D eigenvalue weighted by molar-refractivity contribution is 7.07. The third-order valence-electron chi connectivity index (χ3n) is 3.59. The normalized spacial score (nSPS) is 13.6. The van der Waals surface area contributed by atoms with E-state index in [1.807, 2.05) is 6.92 Å². The van der Waals surface area contributed by atoms with Gasteiger partial charge in [0.25, 0.3) is 5.91 Å². The maximum absolute atomic E-state index is 11.9. The maximum atomic E-state index is 11.9. The van der Waals surface area contributed by atoms with Crippen molar-refractivity contribution in [3.8, 4) is 17.0 Å². The van der Waals surface area contributed by atoms with Crippen molar-refractivity contribution in [2.75, 3.05) is 18.1 Å². The van der Waals surface area contributed by atoms with E-state index >= 15 is 0 Å². The summed E-state index contributed by atoms with van der Waals surface area (Å²) in [4.78, 5) is 36.0.